The molecular formula is C35H38F3N7O. The molecule has 0 radical (unpaired) electrons. The van der Waals surface area contributed by atoms with Crippen molar-refractivity contribution in [3.8, 4) is 29.6 Å². The lowest BCUT2D eigenvalue weighted by Gasteiger charge is -2.36. The van der Waals surface area contributed by atoms with Crippen LogP contribution in [-0.4, -0.2) is 70.8 Å². The molecule has 2 aromatic heterocycles. The van der Waals surface area contributed by atoms with Gasteiger partial charge in [0, 0.05) is 36.6 Å². The van der Waals surface area contributed by atoms with Gasteiger partial charge in [-0.25, -0.2) is 18.2 Å². The first kappa shape index (κ1) is 30.5. The second-order valence-corrected chi connectivity index (χ2v) is 12.4. The number of pyridine rings is 1. The van der Waals surface area contributed by atoms with E-state index >= 15 is 8.78 Å². The number of fused-ring (bicyclic) bond motifs is 4. The van der Waals surface area contributed by atoms with Crippen LogP contribution < -0.4 is 20.7 Å². The molecule has 0 aliphatic carbocycles. The molecule has 4 aliphatic rings. The van der Waals surface area contributed by atoms with E-state index in [1.54, 1.807) is 0 Å². The quantitative estimate of drug-likeness (QED) is 0.283. The molecule has 8 rings (SSSR count). The molecule has 240 valence electrons. The van der Waals surface area contributed by atoms with Gasteiger partial charge in [-0.15, -0.1) is 6.42 Å². The lowest BCUT2D eigenvalue weighted by atomic mass is 9.93. The number of aryl methyl sites for hydroxylation is 1. The highest BCUT2D eigenvalue weighted by molar-refractivity contribution is 6.04. The first-order chi connectivity index (χ1) is 22.4. The van der Waals surface area contributed by atoms with Crippen molar-refractivity contribution in [3.05, 3.63) is 46.8 Å². The molecule has 3 N–H and O–H groups in total. The number of anilines is 2. The molecule has 0 spiro atoms. The summed E-state index contributed by atoms with van der Waals surface area (Å²) < 4.78 is 55.0. The minimum absolute atomic E-state index is 0.0272. The van der Waals surface area contributed by atoms with Crippen LogP contribution in [0.3, 0.4) is 0 Å². The Labute approximate surface area is 266 Å². The third-order valence-electron chi connectivity index (χ3n) is 10.1. The summed E-state index contributed by atoms with van der Waals surface area (Å²) in [7, 11) is 0. The molecule has 6 heterocycles. The zero-order chi connectivity index (χ0) is 32.2. The first-order valence-electron chi connectivity index (χ1n) is 16.3. The molecule has 4 aliphatic heterocycles. The van der Waals surface area contributed by atoms with Crippen LogP contribution in [0, 0.1) is 29.8 Å². The zero-order valence-electron chi connectivity index (χ0n) is 26.2. The number of ether oxygens (including phenoxy) is 1. The number of nitrogens with one attached hydrogen (secondary N) is 1. The number of terminal acetylenes is 1. The van der Waals surface area contributed by atoms with Crippen molar-refractivity contribution >= 4 is 33.3 Å². The number of benzene rings is 2. The fourth-order valence-electron chi connectivity index (χ4n) is 7.99. The van der Waals surface area contributed by atoms with Crippen LogP contribution >= 0.6 is 0 Å². The van der Waals surface area contributed by atoms with Crippen LogP contribution in [0.5, 0.6) is 6.01 Å². The maximum absolute atomic E-state index is 17.0. The van der Waals surface area contributed by atoms with E-state index in [2.05, 4.69) is 31.0 Å². The van der Waals surface area contributed by atoms with E-state index in [9.17, 15) is 4.39 Å². The number of nitrogens with zero attached hydrogens (tertiary/aromatic N) is 5. The third kappa shape index (κ3) is 4.73. The van der Waals surface area contributed by atoms with E-state index in [0.29, 0.717) is 61.2 Å². The maximum atomic E-state index is 17.0. The molecule has 0 amide bonds. The number of nitrogens with two attached hydrogens (primary N) is 1. The number of aromatic nitrogens is 3. The average Bonchev–Trinajstić information content (AvgIpc) is 3.60. The Hall–Kier alpha value is -4.14. The molecule has 2 aromatic carbocycles. The van der Waals surface area contributed by atoms with Crippen LogP contribution in [0.1, 0.15) is 57.1 Å². The van der Waals surface area contributed by atoms with Crippen LogP contribution in [0.15, 0.2) is 18.2 Å². The summed E-state index contributed by atoms with van der Waals surface area (Å²) in [5.41, 5.74) is 5.56. The standard InChI is InChI=1S/C33H32F3N7O.C2H6/c1-2-20-22(34)8-5-18-15-23(37)39-29(24(18)20)26-27(35)21-7-6-19-16-38-11-14-43(19)31-25(21)30(28(26)36)40-32(41-31)44-17-33-9-3-12-42(33)13-4-10-33;1-2/h1,5,8,15,19,38H,3-4,6-7,9-14,16-17H2,(H2,37,39);1-2H3. The van der Waals surface area contributed by atoms with E-state index in [1.165, 1.54) is 18.2 Å². The molecule has 1 atom stereocenters. The van der Waals surface area contributed by atoms with Gasteiger partial charge in [0.1, 0.15) is 35.4 Å². The lowest BCUT2D eigenvalue weighted by Crippen LogP contribution is -2.51. The molecule has 0 saturated carbocycles. The highest BCUT2D eigenvalue weighted by Gasteiger charge is 2.45. The molecule has 3 fully saturated rings. The van der Waals surface area contributed by atoms with Gasteiger partial charge in [0.05, 0.1) is 27.7 Å². The summed E-state index contributed by atoms with van der Waals surface area (Å²) in [4.78, 5) is 18.4. The van der Waals surface area contributed by atoms with Gasteiger partial charge < -0.3 is 20.7 Å². The van der Waals surface area contributed by atoms with Gasteiger partial charge in [0.25, 0.3) is 0 Å². The van der Waals surface area contributed by atoms with Crippen molar-refractivity contribution in [2.24, 2.45) is 0 Å². The molecule has 4 aromatic rings. The second kappa shape index (κ2) is 11.9. The van der Waals surface area contributed by atoms with Crippen molar-refractivity contribution in [1.82, 2.24) is 25.2 Å². The third-order valence-corrected chi connectivity index (χ3v) is 10.1. The van der Waals surface area contributed by atoms with E-state index in [-0.39, 0.29) is 45.6 Å². The van der Waals surface area contributed by atoms with E-state index in [1.807, 2.05) is 13.8 Å². The smallest absolute Gasteiger partial charge is 0.319 e. The largest absolute Gasteiger partial charge is 0.461 e. The van der Waals surface area contributed by atoms with Gasteiger partial charge >= 0.3 is 6.01 Å². The van der Waals surface area contributed by atoms with Crippen molar-refractivity contribution < 1.29 is 17.9 Å². The molecule has 3 saturated heterocycles. The number of nitrogen functional groups attached to an aromatic ring is 1. The van der Waals surface area contributed by atoms with Crippen molar-refractivity contribution in [1.29, 1.82) is 0 Å². The van der Waals surface area contributed by atoms with Gasteiger partial charge in [-0.3, -0.25) is 4.90 Å². The fraction of sp³-hybridized carbons (Fsp3) is 0.457. The van der Waals surface area contributed by atoms with Crippen LogP contribution in [0.2, 0.25) is 0 Å². The lowest BCUT2D eigenvalue weighted by molar-refractivity contribution is 0.108. The van der Waals surface area contributed by atoms with Crippen molar-refractivity contribution in [3.63, 3.8) is 0 Å². The topological polar surface area (TPSA) is 92.4 Å². The Kier molecular flexibility index (Phi) is 7.89. The summed E-state index contributed by atoms with van der Waals surface area (Å²) in [6.45, 7) is 8.52. The van der Waals surface area contributed by atoms with Crippen molar-refractivity contribution in [2.45, 2.75) is 64.0 Å². The molecule has 11 heteroatoms. The second-order valence-electron chi connectivity index (χ2n) is 12.4. The van der Waals surface area contributed by atoms with Crippen LogP contribution in [-0.2, 0) is 6.42 Å². The van der Waals surface area contributed by atoms with E-state index < -0.39 is 23.0 Å². The Balaban J connectivity index is 0.00000166. The van der Waals surface area contributed by atoms with Gasteiger partial charge in [-0.2, -0.15) is 9.97 Å². The maximum Gasteiger partial charge on any atom is 0.319 e. The predicted molar refractivity (Wildman–Crippen MR) is 174 cm³/mol. The highest BCUT2D eigenvalue weighted by Crippen LogP contribution is 2.44. The molecule has 1 unspecified atom stereocenters. The zero-order valence-corrected chi connectivity index (χ0v) is 26.2. The summed E-state index contributed by atoms with van der Waals surface area (Å²) in [6, 6.07) is 4.29. The van der Waals surface area contributed by atoms with Crippen molar-refractivity contribution in [2.75, 3.05) is 50.0 Å². The van der Waals surface area contributed by atoms with Gasteiger partial charge in [0.2, 0.25) is 0 Å². The molecule has 46 heavy (non-hydrogen) atoms. The normalized spacial score (nSPS) is 20.1. The highest BCUT2D eigenvalue weighted by atomic mass is 19.1. The monoisotopic (exact) mass is 629 g/mol. The number of piperazine rings is 1. The molecular weight excluding hydrogens is 591 g/mol. The van der Waals surface area contributed by atoms with Gasteiger partial charge in [0.15, 0.2) is 5.82 Å². The summed E-state index contributed by atoms with van der Waals surface area (Å²) in [5.74, 6) is 0.427. The minimum Gasteiger partial charge on any atom is -0.461 e. The van der Waals surface area contributed by atoms with Gasteiger partial charge in [-0.1, -0.05) is 25.8 Å². The van der Waals surface area contributed by atoms with E-state index in [0.717, 1.165) is 38.8 Å². The minimum atomic E-state index is -0.934. The van der Waals surface area contributed by atoms with Crippen LogP contribution in [0.25, 0.3) is 32.9 Å². The van der Waals surface area contributed by atoms with E-state index in [4.69, 9.17) is 21.9 Å². The predicted octanol–water partition coefficient (Wildman–Crippen LogP) is 5.58. The summed E-state index contributed by atoms with van der Waals surface area (Å²) in [5, 5.41) is 4.29. The SMILES string of the molecule is C#Cc1c(F)ccc2cc(N)nc(-c3c(F)c4c5c(nc(OCC67CCCN6CCC7)nc5c3F)N3CCNCC3CC4)c12.CC. The molecule has 0 bridgehead atoms. The van der Waals surface area contributed by atoms with Crippen LogP contribution in [0.4, 0.5) is 24.8 Å². The Morgan fingerprint density at radius 1 is 1.07 bits per heavy atom. The Morgan fingerprint density at radius 3 is 2.61 bits per heavy atom. The molecule has 8 nitrogen and oxygen atoms in total. The Bertz CT molecular complexity index is 1880. The Morgan fingerprint density at radius 2 is 1.85 bits per heavy atom. The first-order valence-corrected chi connectivity index (χ1v) is 16.3. The van der Waals surface area contributed by atoms with Gasteiger partial charge in [-0.05, 0) is 69.1 Å². The average molecular weight is 630 g/mol. The number of rotatable bonds is 4. The fourth-order valence-corrected chi connectivity index (χ4v) is 7.99. The number of hydrogen-bond donors (Lipinski definition) is 2. The summed E-state index contributed by atoms with van der Waals surface area (Å²) >= 11 is 0. The number of hydrogen-bond acceptors (Lipinski definition) is 8. The number of halogens is 3. The summed E-state index contributed by atoms with van der Waals surface area (Å²) in [6.07, 6.45) is 10.9.